The van der Waals surface area contributed by atoms with E-state index in [4.69, 9.17) is 14.0 Å². The van der Waals surface area contributed by atoms with Crippen molar-refractivity contribution in [1.29, 1.82) is 0 Å². The number of rotatable bonds is 4. The maximum Gasteiger partial charge on any atom is 0.144 e. The first kappa shape index (κ1) is 16.5. The predicted molar refractivity (Wildman–Crippen MR) is 154 cm³/mol. The molecule has 0 aliphatic carbocycles. The molecular weight excluding hydrogens is 452 g/mol. The number of aromatic nitrogens is 2. The quantitative estimate of drug-likeness (QED) is 0.248. The summed E-state index contributed by atoms with van der Waals surface area (Å²) < 4.78 is 66.2. The zero-order chi connectivity index (χ0) is 31.6. The van der Waals surface area contributed by atoms with E-state index < -0.39 is 18.6 Å². The summed E-state index contributed by atoms with van der Waals surface area (Å²) in [5, 5.41) is 1.60. The summed E-state index contributed by atoms with van der Waals surface area (Å²) in [5.74, 6) is 0. The van der Waals surface area contributed by atoms with Gasteiger partial charge in [-0.15, -0.1) is 0 Å². The van der Waals surface area contributed by atoms with Gasteiger partial charge in [-0.1, -0.05) is 87.5 Å². The Balaban J connectivity index is 1.52. The monoisotopic (exact) mass is 489 g/mol. The number of nitrogens with zero attached hydrogens (tertiary/aromatic N) is 2. The Morgan fingerprint density at radius 1 is 0.838 bits per heavy atom. The predicted octanol–water partition coefficient (Wildman–Crippen LogP) is 9.27. The molecular formula is C34H30N2O. The Hall–Kier alpha value is -4.24. The van der Waals surface area contributed by atoms with Gasteiger partial charge in [0.1, 0.15) is 17.5 Å². The fraction of sp³-hybridized carbons (Fsp3) is 0.176. The summed E-state index contributed by atoms with van der Waals surface area (Å²) in [6.07, 6.45) is -0.563. The maximum atomic E-state index is 8.92. The molecule has 2 heterocycles. The molecule has 4 aromatic carbocycles. The van der Waals surface area contributed by atoms with Gasteiger partial charge in [-0.2, -0.15) is 0 Å². The highest BCUT2D eigenvalue weighted by molar-refractivity contribution is 6.10. The second-order valence-electron chi connectivity index (χ2n) is 10.1. The molecule has 37 heavy (non-hydrogen) atoms. The van der Waals surface area contributed by atoms with Gasteiger partial charge in [0.15, 0.2) is 0 Å². The van der Waals surface area contributed by atoms with Crippen LogP contribution in [-0.4, -0.2) is 9.97 Å². The maximum absolute atomic E-state index is 8.92. The molecule has 182 valence electrons. The van der Waals surface area contributed by atoms with Crippen LogP contribution in [0.5, 0.6) is 0 Å². The molecule has 0 aliphatic heterocycles. The zero-order valence-electron chi connectivity index (χ0n) is 27.9. The molecule has 2 aromatic heterocycles. The van der Waals surface area contributed by atoms with Crippen molar-refractivity contribution in [3.8, 4) is 33.6 Å². The summed E-state index contributed by atoms with van der Waals surface area (Å²) in [6.45, 7) is 2.59. The summed E-state index contributed by atoms with van der Waals surface area (Å²) in [5.41, 5.74) is 3.22. The number of aryl methyl sites for hydroxylation is 1. The van der Waals surface area contributed by atoms with Crippen LogP contribution < -0.4 is 0 Å². The van der Waals surface area contributed by atoms with E-state index in [1.54, 1.807) is 26.8 Å². The number of para-hydroxylation sites is 1. The molecule has 0 spiro atoms. The molecule has 3 nitrogen and oxygen atoms in total. The van der Waals surface area contributed by atoms with Gasteiger partial charge in [-0.3, -0.25) is 0 Å². The highest BCUT2D eigenvalue weighted by atomic mass is 16.3. The van der Waals surface area contributed by atoms with E-state index in [-0.39, 0.29) is 34.5 Å². The first-order valence-corrected chi connectivity index (χ1v) is 12.2. The third-order valence-corrected chi connectivity index (χ3v) is 6.16. The number of furan rings is 1. The molecule has 0 saturated carbocycles. The largest absolute Gasteiger partial charge is 0.455 e. The van der Waals surface area contributed by atoms with Crippen molar-refractivity contribution in [2.24, 2.45) is 5.41 Å². The number of hydrogen-bond donors (Lipinski definition) is 0. The lowest BCUT2D eigenvalue weighted by atomic mass is 9.87. The summed E-state index contributed by atoms with van der Waals surface area (Å²) >= 11 is 0. The van der Waals surface area contributed by atoms with E-state index in [1.165, 1.54) is 18.5 Å². The zero-order valence-corrected chi connectivity index (χ0v) is 20.9. The van der Waals surface area contributed by atoms with Crippen LogP contribution in [0.3, 0.4) is 0 Å². The van der Waals surface area contributed by atoms with Gasteiger partial charge in [0.2, 0.25) is 0 Å². The smallest absolute Gasteiger partial charge is 0.144 e. The van der Waals surface area contributed by atoms with Crippen molar-refractivity contribution in [3.63, 3.8) is 0 Å². The molecule has 0 radical (unpaired) electrons. The van der Waals surface area contributed by atoms with E-state index in [2.05, 4.69) is 9.97 Å². The van der Waals surface area contributed by atoms with Crippen molar-refractivity contribution >= 4 is 21.9 Å². The van der Waals surface area contributed by atoms with Gasteiger partial charge < -0.3 is 4.42 Å². The van der Waals surface area contributed by atoms with Crippen LogP contribution in [0.2, 0.25) is 0 Å². The van der Waals surface area contributed by atoms with Crippen molar-refractivity contribution in [1.82, 2.24) is 9.97 Å². The Labute approximate surface area is 227 Å². The van der Waals surface area contributed by atoms with Crippen LogP contribution in [0.15, 0.2) is 102 Å². The van der Waals surface area contributed by atoms with E-state index in [9.17, 15) is 0 Å². The number of fused-ring (bicyclic) bond motifs is 3. The molecule has 0 saturated heterocycles. The topological polar surface area (TPSA) is 38.9 Å². The van der Waals surface area contributed by atoms with Crippen LogP contribution in [0.25, 0.3) is 55.6 Å². The summed E-state index contributed by atoms with van der Waals surface area (Å²) in [7, 11) is 0. The molecule has 0 unspecified atom stereocenters. The molecule has 0 fully saturated rings. The molecule has 0 atom stereocenters. The van der Waals surface area contributed by atoms with Crippen LogP contribution in [-0.2, 0) is 6.37 Å². The second-order valence-corrected chi connectivity index (χ2v) is 10.1. The first-order valence-electron chi connectivity index (χ1n) is 15.7. The Kier molecular flexibility index (Phi) is 4.02. The fourth-order valence-corrected chi connectivity index (χ4v) is 4.57. The van der Waals surface area contributed by atoms with Gasteiger partial charge >= 0.3 is 0 Å². The van der Waals surface area contributed by atoms with Gasteiger partial charge in [0, 0.05) is 28.8 Å². The fourth-order valence-electron chi connectivity index (χ4n) is 4.57. The number of benzene rings is 4. The van der Waals surface area contributed by atoms with Gasteiger partial charge in [-0.05, 0) is 65.1 Å². The van der Waals surface area contributed by atoms with Crippen LogP contribution in [0.4, 0.5) is 0 Å². The van der Waals surface area contributed by atoms with Crippen molar-refractivity contribution in [2.45, 2.75) is 34.0 Å². The van der Waals surface area contributed by atoms with Gasteiger partial charge in [-0.25, -0.2) is 9.97 Å². The lowest BCUT2D eigenvalue weighted by Crippen LogP contribution is -2.09. The highest BCUT2D eigenvalue weighted by Gasteiger charge is 2.16. The van der Waals surface area contributed by atoms with Crippen LogP contribution in [0.1, 0.15) is 41.5 Å². The normalized spacial score (nSPS) is 15.4. The molecule has 0 amide bonds. The van der Waals surface area contributed by atoms with Gasteiger partial charge in [0.25, 0.3) is 0 Å². The summed E-state index contributed by atoms with van der Waals surface area (Å²) in [6, 6.07) is 23.7. The van der Waals surface area contributed by atoms with Crippen molar-refractivity contribution in [2.75, 3.05) is 0 Å². The standard InChI is InChI=1S/C34H30N2O/c1-22-17-23(20-34(2,3)4)13-15-26(22)30-19-31(36-21-35-30)29-12-8-11-28-27-16-14-25(18-32(27)37-33(28)29)24-9-6-5-7-10-24/h5-19,21H,20H2,1-4H3/i1D3,15D,18D,20D2. The number of hydrogen-bond acceptors (Lipinski definition) is 3. The third kappa shape index (κ3) is 4.53. The molecule has 0 aliphatic rings. The Morgan fingerprint density at radius 2 is 1.65 bits per heavy atom. The molecule has 0 bridgehead atoms. The molecule has 0 N–H and O–H groups in total. The average molecular weight is 490 g/mol. The lowest BCUT2D eigenvalue weighted by molar-refractivity contribution is 0.411. The Bertz CT molecular complexity index is 2040. The minimum Gasteiger partial charge on any atom is -0.455 e. The molecule has 3 heteroatoms. The van der Waals surface area contributed by atoms with Crippen molar-refractivity contribution in [3.05, 3.63) is 108 Å². The van der Waals surface area contributed by atoms with Crippen molar-refractivity contribution < 1.29 is 14.0 Å². The Morgan fingerprint density at radius 3 is 2.43 bits per heavy atom. The first-order chi connectivity index (χ1) is 20.7. The molecule has 6 aromatic rings. The second kappa shape index (κ2) is 9.01. The van der Waals surface area contributed by atoms with Crippen LogP contribution >= 0.6 is 0 Å². The minimum atomic E-state index is -2.63. The van der Waals surface area contributed by atoms with E-state index in [1.807, 2.05) is 60.7 Å². The van der Waals surface area contributed by atoms with Gasteiger partial charge in [0.05, 0.1) is 14.1 Å². The SMILES string of the molecule is [2H]c1cc(C([2H])([2H])C(C)(C)C)cc(C([2H])([2H])[2H])c1-c1cc(-c2cccc3c2oc2c([2H])c(-c4ccccc4)ccc23)ncn1. The van der Waals surface area contributed by atoms with Crippen LogP contribution in [0, 0.1) is 12.3 Å². The van der Waals surface area contributed by atoms with E-state index in [0.29, 0.717) is 22.4 Å². The molecule has 6 rings (SSSR count). The highest BCUT2D eigenvalue weighted by Crippen LogP contribution is 2.37. The average Bonchev–Trinajstić information content (AvgIpc) is 3.36. The third-order valence-electron chi connectivity index (χ3n) is 6.16. The van der Waals surface area contributed by atoms with E-state index >= 15 is 0 Å². The lowest BCUT2D eigenvalue weighted by Gasteiger charge is -2.19. The summed E-state index contributed by atoms with van der Waals surface area (Å²) in [4.78, 5) is 8.83. The van der Waals surface area contributed by atoms with E-state index in [0.717, 1.165) is 21.9 Å². The minimum absolute atomic E-state index is 0.0971.